The molecule has 2 amide bonds. The summed E-state index contributed by atoms with van der Waals surface area (Å²) >= 11 is 0. The first kappa shape index (κ1) is 12.7. The van der Waals surface area contributed by atoms with Gasteiger partial charge in [0, 0.05) is 37.4 Å². The molecular weight excluding hydrogens is 254 g/mol. The molecule has 0 radical (unpaired) electrons. The van der Waals surface area contributed by atoms with E-state index in [1.807, 2.05) is 35.2 Å². The summed E-state index contributed by atoms with van der Waals surface area (Å²) in [6.45, 7) is 2.50. The number of para-hydroxylation sites is 1. The lowest BCUT2D eigenvalue weighted by atomic mass is 10.2. The Hall–Kier alpha value is -2.30. The first-order chi connectivity index (χ1) is 9.76. The number of benzene rings is 1. The van der Waals surface area contributed by atoms with Crippen LogP contribution in [0.3, 0.4) is 0 Å². The summed E-state index contributed by atoms with van der Waals surface area (Å²) in [6, 6.07) is 10.0. The maximum absolute atomic E-state index is 12.2. The zero-order chi connectivity index (χ0) is 13.9. The lowest BCUT2D eigenvalue weighted by Crippen LogP contribution is -2.48. The van der Waals surface area contributed by atoms with E-state index in [1.165, 1.54) is 0 Å². The molecule has 0 atom stereocenters. The molecule has 0 unspecified atom stereocenters. The van der Waals surface area contributed by atoms with Gasteiger partial charge in [-0.15, -0.1) is 0 Å². The van der Waals surface area contributed by atoms with Crippen LogP contribution in [0.1, 0.15) is 5.69 Å². The lowest BCUT2D eigenvalue weighted by molar-refractivity contribution is -0.134. The Morgan fingerprint density at radius 3 is 2.65 bits per heavy atom. The zero-order valence-electron chi connectivity index (χ0n) is 11.2. The SMILES string of the molecule is O=CN1CCN(C(=O)Cc2cc3ccccc3[nH]2)CC1. The molecule has 1 fully saturated rings. The Morgan fingerprint density at radius 2 is 1.95 bits per heavy atom. The predicted molar refractivity (Wildman–Crippen MR) is 76.2 cm³/mol. The number of aromatic nitrogens is 1. The van der Waals surface area contributed by atoms with E-state index in [-0.39, 0.29) is 5.91 Å². The van der Waals surface area contributed by atoms with E-state index in [1.54, 1.807) is 4.90 Å². The lowest BCUT2D eigenvalue weighted by Gasteiger charge is -2.32. The molecule has 0 aliphatic carbocycles. The number of hydrogen-bond donors (Lipinski definition) is 1. The fraction of sp³-hybridized carbons (Fsp3) is 0.333. The summed E-state index contributed by atoms with van der Waals surface area (Å²) in [5.74, 6) is 0.113. The first-order valence-electron chi connectivity index (χ1n) is 6.80. The molecule has 1 aliphatic rings. The van der Waals surface area contributed by atoms with Gasteiger partial charge in [0.2, 0.25) is 12.3 Å². The van der Waals surface area contributed by atoms with E-state index in [4.69, 9.17) is 0 Å². The number of carbonyl (C=O) groups is 2. The van der Waals surface area contributed by atoms with Crippen molar-refractivity contribution >= 4 is 23.2 Å². The summed E-state index contributed by atoms with van der Waals surface area (Å²) < 4.78 is 0. The number of nitrogens with one attached hydrogen (secondary N) is 1. The molecule has 2 heterocycles. The van der Waals surface area contributed by atoms with Crippen molar-refractivity contribution in [2.24, 2.45) is 0 Å². The van der Waals surface area contributed by atoms with Crippen molar-refractivity contribution in [1.82, 2.24) is 14.8 Å². The van der Waals surface area contributed by atoms with Gasteiger partial charge in [-0.1, -0.05) is 18.2 Å². The predicted octanol–water partition coefficient (Wildman–Crippen LogP) is 1.01. The fourth-order valence-corrected chi connectivity index (χ4v) is 2.58. The summed E-state index contributed by atoms with van der Waals surface area (Å²) in [4.78, 5) is 29.7. The van der Waals surface area contributed by atoms with Gasteiger partial charge >= 0.3 is 0 Å². The van der Waals surface area contributed by atoms with E-state index in [0.717, 1.165) is 23.0 Å². The van der Waals surface area contributed by atoms with Crippen molar-refractivity contribution in [3.05, 3.63) is 36.0 Å². The molecule has 0 saturated carbocycles. The number of hydrogen-bond acceptors (Lipinski definition) is 2. The molecule has 3 rings (SSSR count). The second kappa shape index (κ2) is 5.36. The highest BCUT2D eigenvalue weighted by molar-refractivity contribution is 5.84. The number of amides is 2. The molecule has 1 saturated heterocycles. The van der Waals surface area contributed by atoms with Gasteiger partial charge in [-0.2, -0.15) is 0 Å². The van der Waals surface area contributed by atoms with Crippen molar-refractivity contribution in [1.29, 1.82) is 0 Å². The van der Waals surface area contributed by atoms with E-state index in [2.05, 4.69) is 4.98 Å². The molecule has 0 spiro atoms. The highest BCUT2D eigenvalue weighted by Crippen LogP contribution is 2.15. The van der Waals surface area contributed by atoms with Crippen LogP contribution in [0.5, 0.6) is 0 Å². The average molecular weight is 271 g/mol. The number of nitrogens with zero attached hydrogens (tertiary/aromatic N) is 2. The van der Waals surface area contributed by atoms with Gasteiger partial charge in [-0.3, -0.25) is 9.59 Å². The molecule has 104 valence electrons. The zero-order valence-corrected chi connectivity index (χ0v) is 11.2. The first-order valence-corrected chi connectivity index (χ1v) is 6.80. The average Bonchev–Trinajstić information content (AvgIpc) is 2.89. The van der Waals surface area contributed by atoms with E-state index < -0.39 is 0 Å². The van der Waals surface area contributed by atoms with Crippen LogP contribution in [0.4, 0.5) is 0 Å². The van der Waals surface area contributed by atoms with E-state index in [0.29, 0.717) is 32.6 Å². The van der Waals surface area contributed by atoms with Crippen molar-refractivity contribution in [3.8, 4) is 0 Å². The minimum atomic E-state index is 0.113. The Kier molecular flexibility index (Phi) is 3.41. The molecule has 1 aromatic heterocycles. The minimum absolute atomic E-state index is 0.113. The Labute approximate surface area is 117 Å². The summed E-state index contributed by atoms with van der Waals surface area (Å²) in [5.41, 5.74) is 2.00. The number of piperazine rings is 1. The molecular formula is C15H17N3O2. The number of aromatic amines is 1. The number of rotatable bonds is 3. The molecule has 5 nitrogen and oxygen atoms in total. The van der Waals surface area contributed by atoms with Crippen LogP contribution in [0.2, 0.25) is 0 Å². The van der Waals surface area contributed by atoms with Gasteiger partial charge in [0.25, 0.3) is 0 Å². The maximum atomic E-state index is 12.2. The molecule has 1 aliphatic heterocycles. The van der Waals surface area contributed by atoms with Crippen LogP contribution >= 0.6 is 0 Å². The molecule has 0 bridgehead atoms. The smallest absolute Gasteiger partial charge is 0.228 e. The van der Waals surface area contributed by atoms with Crippen molar-refractivity contribution < 1.29 is 9.59 Å². The van der Waals surface area contributed by atoms with Gasteiger partial charge < -0.3 is 14.8 Å². The summed E-state index contributed by atoms with van der Waals surface area (Å²) in [7, 11) is 0. The van der Waals surface area contributed by atoms with Gasteiger partial charge in [-0.05, 0) is 17.5 Å². The largest absolute Gasteiger partial charge is 0.358 e. The number of H-pyrrole nitrogens is 1. The van der Waals surface area contributed by atoms with Crippen LogP contribution in [0, 0.1) is 0 Å². The summed E-state index contributed by atoms with van der Waals surface area (Å²) in [5, 5.41) is 1.13. The minimum Gasteiger partial charge on any atom is -0.358 e. The highest BCUT2D eigenvalue weighted by Gasteiger charge is 2.20. The standard InChI is InChI=1S/C15H17N3O2/c19-11-17-5-7-18(8-6-17)15(20)10-13-9-12-3-1-2-4-14(12)16-13/h1-4,9,11,16H,5-8,10H2. The third-order valence-corrected chi connectivity index (χ3v) is 3.74. The van der Waals surface area contributed by atoms with E-state index in [9.17, 15) is 9.59 Å². The normalized spacial score (nSPS) is 15.6. The van der Waals surface area contributed by atoms with Crippen LogP contribution in [-0.4, -0.2) is 53.3 Å². The molecule has 5 heteroatoms. The van der Waals surface area contributed by atoms with Crippen molar-refractivity contribution in [2.45, 2.75) is 6.42 Å². The molecule has 1 aromatic carbocycles. The molecule has 2 aromatic rings. The third kappa shape index (κ3) is 2.52. The van der Waals surface area contributed by atoms with Crippen LogP contribution in [0.15, 0.2) is 30.3 Å². The quantitative estimate of drug-likeness (QED) is 0.847. The number of carbonyl (C=O) groups excluding carboxylic acids is 2. The van der Waals surface area contributed by atoms with Gasteiger partial charge in [-0.25, -0.2) is 0 Å². The Bertz CT molecular complexity index is 594. The van der Waals surface area contributed by atoms with Gasteiger partial charge in [0.1, 0.15) is 0 Å². The maximum Gasteiger partial charge on any atom is 0.228 e. The van der Waals surface area contributed by atoms with Crippen LogP contribution < -0.4 is 0 Å². The molecule has 1 N–H and O–H groups in total. The Balaban J connectivity index is 1.65. The fourth-order valence-electron chi connectivity index (χ4n) is 2.58. The van der Waals surface area contributed by atoms with E-state index >= 15 is 0 Å². The number of fused-ring (bicyclic) bond motifs is 1. The second-order valence-electron chi connectivity index (χ2n) is 5.08. The monoisotopic (exact) mass is 271 g/mol. The Morgan fingerprint density at radius 1 is 1.20 bits per heavy atom. The van der Waals surface area contributed by atoms with Crippen molar-refractivity contribution in [3.63, 3.8) is 0 Å². The topological polar surface area (TPSA) is 56.4 Å². The van der Waals surface area contributed by atoms with Crippen LogP contribution in [-0.2, 0) is 16.0 Å². The van der Waals surface area contributed by atoms with Gasteiger partial charge in [0.15, 0.2) is 0 Å². The van der Waals surface area contributed by atoms with Crippen molar-refractivity contribution in [2.75, 3.05) is 26.2 Å². The molecule has 20 heavy (non-hydrogen) atoms. The van der Waals surface area contributed by atoms with Gasteiger partial charge in [0.05, 0.1) is 6.42 Å². The third-order valence-electron chi connectivity index (χ3n) is 3.74. The summed E-state index contributed by atoms with van der Waals surface area (Å²) in [6.07, 6.45) is 1.23. The van der Waals surface area contributed by atoms with Crippen LogP contribution in [0.25, 0.3) is 10.9 Å². The highest BCUT2D eigenvalue weighted by atomic mass is 16.2. The second-order valence-corrected chi connectivity index (χ2v) is 5.08.